The maximum absolute atomic E-state index is 3.91. The van der Waals surface area contributed by atoms with E-state index in [-0.39, 0.29) is 0 Å². The molecular formula is C5H10N3+. The Kier molecular flexibility index (Phi) is 1.28. The molecule has 0 bridgehead atoms. The molecule has 1 rings (SSSR count). The third-order valence-corrected chi connectivity index (χ3v) is 1.22. The van der Waals surface area contributed by atoms with E-state index in [1.807, 2.05) is 6.92 Å². The summed E-state index contributed by atoms with van der Waals surface area (Å²) in [6.07, 6.45) is 1.02. The second kappa shape index (κ2) is 1.94. The first-order chi connectivity index (χ1) is 3.84. The minimum absolute atomic E-state index is 1.02. The van der Waals surface area contributed by atoms with Crippen molar-refractivity contribution in [2.75, 3.05) is 0 Å². The minimum atomic E-state index is 1.02. The SMILES string of the molecule is CCc1[nH+][nH]nc1C. The average Bonchev–Trinajstić information content (AvgIpc) is 2.14. The van der Waals surface area contributed by atoms with Gasteiger partial charge in [-0.1, -0.05) is 12.1 Å². The molecule has 0 amide bonds. The van der Waals surface area contributed by atoms with E-state index >= 15 is 0 Å². The Bertz CT molecular complexity index is 168. The van der Waals surface area contributed by atoms with Crippen molar-refractivity contribution in [3.05, 3.63) is 11.4 Å². The highest BCUT2D eigenvalue weighted by molar-refractivity contribution is 4.98. The molecule has 2 N–H and O–H groups in total. The molecule has 1 heterocycles. The maximum Gasteiger partial charge on any atom is 0.218 e. The molecule has 8 heavy (non-hydrogen) atoms. The van der Waals surface area contributed by atoms with E-state index in [2.05, 4.69) is 22.3 Å². The first kappa shape index (κ1) is 5.28. The highest BCUT2D eigenvalue weighted by Gasteiger charge is 2.04. The smallest absolute Gasteiger partial charge is 0.173 e. The molecule has 3 nitrogen and oxygen atoms in total. The van der Waals surface area contributed by atoms with E-state index in [0.29, 0.717) is 0 Å². The van der Waals surface area contributed by atoms with Crippen molar-refractivity contribution in [3.8, 4) is 0 Å². The minimum Gasteiger partial charge on any atom is -0.173 e. The zero-order chi connectivity index (χ0) is 5.98. The molecule has 44 valence electrons. The lowest BCUT2D eigenvalue weighted by atomic mass is 10.3. The standard InChI is InChI=1S/C5H9N3/c1-3-5-4(2)6-8-7-5/h3H2,1-2H3,(H,6,7,8)/p+1. The molecule has 1 aromatic heterocycles. The van der Waals surface area contributed by atoms with Crippen LogP contribution in [0.15, 0.2) is 0 Å². The maximum atomic E-state index is 3.91. The van der Waals surface area contributed by atoms with E-state index in [4.69, 9.17) is 0 Å². The molecule has 0 radical (unpaired) electrons. The van der Waals surface area contributed by atoms with E-state index in [9.17, 15) is 0 Å². The second-order valence-corrected chi connectivity index (χ2v) is 1.77. The third-order valence-electron chi connectivity index (χ3n) is 1.22. The number of aromatic amines is 2. The molecular weight excluding hydrogens is 102 g/mol. The van der Waals surface area contributed by atoms with Crippen LogP contribution in [0.4, 0.5) is 0 Å². The Morgan fingerprint density at radius 2 is 2.50 bits per heavy atom. The zero-order valence-electron chi connectivity index (χ0n) is 5.15. The summed E-state index contributed by atoms with van der Waals surface area (Å²) >= 11 is 0. The molecule has 0 unspecified atom stereocenters. The number of hydrogen-bond acceptors (Lipinski definition) is 1. The molecule has 1 aromatic rings. The van der Waals surface area contributed by atoms with Gasteiger partial charge in [-0.2, -0.15) is 5.10 Å². The summed E-state index contributed by atoms with van der Waals surface area (Å²) in [5.41, 5.74) is 2.25. The predicted octanol–water partition coefficient (Wildman–Crippen LogP) is 0.0946. The van der Waals surface area contributed by atoms with E-state index in [1.165, 1.54) is 5.69 Å². The fourth-order valence-electron chi connectivity index (χ4n) is 0.681. The van der Waals surface area contributed by atoms with Gasteiger partial charge in [-0.15, -0.1) is 0 Å². The van der Waals surface area contributed by atoms with Gasteiger partial charge in [0.05, 0.1) is 0 Å². The Hall–Kier alpha value is -0.860. The van der Waals surface area contributed by atoms with Crippen LogP contribution in [0.2, 0.25) is 0 Å². The van der Waals surface area contributed by atoms with Gasteiger partial charge in [-0.25, -0.2) is 0 Å². The second-order valence-electron chi connectivity index (χ2n) is 1.77. The van der Waals surface area contributed by atoms with E-state index < -0.39 is 0 Å². The van der Waals surface area contributed by atoms with E-state index in [1.54, 1.807) is 0 Å². The predicted molar refractivity (Wildman–Crippen MR) is 29.3 cm³/mol. The fourth-order valence-corrected chi connectivity index (χ4v) is 0.681. The largest absolute Gasteiger partial charge is 0.218 e. The molecule has 0 aliphatic rings. The molecule has 0 aliphatic heterocycles. The van der Waals surface area contributed by atoms with Gasteiger partial charge in [0.25, 0.3) is 0 Å². The van der Waals surface area contributed by atoms with Crippen molar-refractivity contribution in [2.24, 2.45) is 0 Å². The van der Waals surface area contributed by atoms with Gasteiger partial charge in [0.1, 0.15) is 0 Å². The number of aryl methyl sites for hydroxylation is 2. The van der Waals surface area contributed by atoms with Crippen LogP contribution in [-0.2, 0) is 6.42 Å². The van der Waals surface area contributed by atoms with Gasteiger partial charge < -0.3 is 0 Å². The van der Waals surface area contributed by atoms with Crippen molar-refractivity contribution >= 4 is 0 Å². The molecule has 3 heteroatoms. The number of nitrogens with zero attached hydrogens (tertiary/aromatic N) is 1. The number of aromatic nitrogens is 3. The number of H-pyrrole nitrogens is 2. The van der Waals surface area contributed by atoms with Crippen molar-refractivity contribution in [3.63, 3.8) is 0 Å². The van der Waals surface area contributed by atoms with Gasteiger partial charge in [0, 0.05) is 18.4 Å². The number of hydrogen-bond donors (Lipinski definition) is 1. The Morgan fingerprint density at radius 1 is 1.75 bits per heavy atom. The number of nitrogens with one attached hydrogen (secondary N) is 2. The van der Waals surface area contributed by atoms with Crippen LogP contribution in [0, 0.1) is 6.92 Å². The summed E-state index contributed by atoms with van der Waals surface area (Å²) in [5, 5.41) is 9.50. The normalized spacial score (nSPS) is 9.75. The summed E-state index contributed by atoms with van der Waals surface area (Å²) in [6.45, 7) is 4.07. The molecule has 0 fully saturated rings. The van der Waals surface area contributed by atoms with Crippen LogP contribution in [0.1, 0.15) is 18.3 Å². The first-order valence-electron chi connectivity index (χ1n) is 2.76. The van der Waals surface area contributed by atoms with Crippen molar-refractivity contribution in [1.82, 2.24) is 10.3 Å². The van der Waals surface area contributed by atoms with Crippen LogP contribution < -0.4 is 5.10 Å². The summed E-state index contributed by atoms with van der Waals surface area (Å²) in [5.74, 6) is 0. The van der Waals surface area contributed by atoms with Gasteiger partial charge in [-0.3, -0.25) is 0 Å². The Morgan fingerprint density at radius 3 is 2.75 bits per heavy atom. The summed E-state index contributed by atoms with van der Waals surface area (Å²) < 4.78 is 0. The fraction of sp³-hybridized carbons (Fsp3) is 0.600. The van der Waals surface area contributed by atoms with Crippen LogP contribution in [0.3, 0.4) is 0 Å². The van der Waals surface area contributed by atoms with Crippen molar-refractivity contribution in [1.29, 1.82) is 0 Å². The van der Waals surface area contributed by atoms with Crippen molar-refractivity contribution < 1.29 is 5.10 Å². The quantitative estimate of drug-likeness (QED) is 0.550. The van der Waals surface area contributed by atoms with Gasteiger partial charge in [-0.05, 0) is 0 Å². The third kappa shape index (κ3) is 0.710. The molecule has 0 spiro atoms. The van der Waals surface area contributed by atoms with Crippen LogP contribution >= 0.6 is 0 Å². The Labute approximate surface area is 48.1 Å². The lowest BCUT2D eigenvalue weighted by molar-refractivity contribution is -0.464. The zero-order valence-corrected chi connectivity index (χ0v) is 5.15. The summed E-state index contributed by atoms with van der Waals surface area (Å²) in [7, 11) is 0. The Balaban J connectivity index is 2.92. The van der Waals surface area contributed by atoms with Gasteiger partial charge >= 0.3 is 0 Å². The summed E-state index contributed by atoms with van der Waals surface area (Å²) in [4.78, 5) is 0. The molecule has 0 saturated heterocycles. The molecule has 0 saturated carbocycles. The van der Waals surface area contributed by atoms with Crippen LogP contribution in [0.25, 0.3) is 0 Å². The van der Waals surface area contributed by atoms with Gasteiger partial charge in [0.2, 0.25) is 5.69 Å². The monoisotopic (exact) mass is 112 g/mol. The van der Waals surface area contributed by atoms with Crippen LogP contribution in [0.5, 0.6) is 0 Å². The molecule has 0 atom stereocenters. The number of rotatable bonds is 1. The topological polar surface area (TPSA) is 42.8 Å². The highest BCUT2D eigenvalue weighted by atomic mass is 15.3. The van der Waals surface area contributed by atoms with Gasteiger partial charge in [0.15, 0.2) is 5.69 Å². The lowest BCUT2D eigenvalue weighted by Gasteiger charge is -1.76. The first-order valence-corrected chi connectivity index (χ1v) is 2.76. The average molecular weight is 112 g/mol. The van der Waals surface area contributed by atoms with Crippen LogP contribution in [-0.4, -0.2) is 10.3 Å². The summed E-state index contributed by atoms with van der Waals surface area (Å²) in [6, 6.07) is 0. The highest BCUT2D eigenvalue weighted by Crippen LogP contribution is 1.92. The van der Waals surface area contributed by atoms with Crippen molar-refractivity contribution in [2.45, 2.75) is 20.3 Å². The lowest BCUT2D eigenvalue weighted by Crippen LogP contribution is -2.07. The molecule has 0 aromatic carbocycles. The van der Waals surface area contributed by atoms with E-state index in [0.717, 1.165) is 12.1 Å². The molecule has 0 aliphatic carbocycles.